The first-order valence-corrected chi connectivity index (χ1v) is 17.3. The lowest BCUT2D eigenvalue weighted by Gasteiger charge is -2.36. The Morgan fingerprint density at radius 2 is 1.76 bits per heavy atom. The SMILES string of the molecule is CCOc1cc(OC)c(C2=NO[C@]3(C2)C[C@@H](C(=O)N[C@@H](CC2CC2)C(=O)C(=O)NC)N(C(=O)[C@@H](NC(=O)OC(C)(C)C)C(C)(C)C)C3)cc1Cl. The fourth-order valence-electron chi connectivity index (χ4n) is 6.18. The molecule has 3 N–H and O–H groups in total. The van der Waals surface area contributed by atoms with E-state index in [-0.39, 0.29) is 25.3 Å². The van der Waals surface area contributed by atoms with Crippen LogP contribution < -0.4 is 25.4 Å². The van der Waals surface area contributed by atoms with Crippen molar-refractivity contribution in [2.45, 2.75) is 110 Å². The number of nitrogens with zero attached hydrogens (tertiary/aromatic N) is 2. The highest BCUT2D eigenvalue weighted by molar-refractivity contribution is 6.38. The minimum Gasteiger partial charge on any atom is -0.496 e. The van der Waals surface area contributed by atoms with Crippen LogP contribution in [0.2, 0.25) is 5.02 Å². The largest absolute Gasteiger partial charge is 0.496 e. The Morgan fingerprint density at radius 1 is 1.08 bits per heavy atom. The smallest absolute Gasteiger partial charge is 0.408 e. The van der Waals surface area contributed by atoms with Crippen LogP contribution in [0.1, 0.15) is 86.1 Å². The highest BCUT2D eigenvalue weighted by Crippen LogP contribution is 2.43. The molecule has 1 spiro atoms. The van der Waals surface area contributed by atoms with Gasteiger partial charge in [-0.2, -0.15) is 0 Å². The van der Waals surface area contributed by atoms with Gasteiger partial charge in [0.1, 0.15) is 29.2 Å². The quantitative estimate of drug-likeness (QED) is 0.272. The summed E-state index contributed by atoms with van der Waals surface area (Å²) in [6, 6.07) is 0.0156. The molecule has 1 aromatic carbocycles. The monoisotopic (exact) mass is 719 g/mol. The van der Waals surface area contributed by atoms with E-state index in [1.807, 2.05) is 6.92 Å². The van der Waals surface area contributed by atoms with Crippen molar-refractivity contribution in [3.63, 3.8) is 0 Å². The lowest BCUT2D eigenvalue weighted by Crippen LogP contribution is -2.59. The molecule has 1 saturated heterocycles. The average Bonchev–Trinajstić information content (AvgIpc) is 3.63. The zero-order valence-electron chi connectivity index (χ0n) is 30.4. The molecule has 0 bridgehead atoms. The van der Waals surface area contributed by atoms with Crippen LogP contribution in [-0.4, -0.2) is 96.8 Å². The van der Waals surface area contributed by atoms with Crippen LogP contribution in [0.3, 0.4) is 0 Å². The summed E-state index contributed by atoms with van der Waals surface area (Å²) in [5.41, 5.74) is -1.73. The molecule has 14 nitrogen and oxygen atoms in total. The van der Waals surface area contributed by atoms with Gasteiger partial charge in [0.15, 0.2) is 5.60 Å². The number of Topliss-reactive ketones (excluding diaryl/α,β-unsaturated/α-hetero) is 1. The van der Waals surface area contributed by atoms with Crippen LogP contribution in [0.5, 0.6) is 11.5 Å². The van der Waals surface area contributed by atoms with Crippen molar-refractivity contribution in [1.82, 2.24) is 20.9 Å². The van der Waals surface area contributed by atoms with Crippen LogP contribution in [0.15, 0.2) is 17.3 Å². The van der Waals surface area contributed by atoms with E-state index in [0.29, 0.717) is 40.8 Å². The maximum absolute atomic E-state index is 14.5. The summed E-state index contributed by atoms with van der Waals surface area (Å²) in [6.07, 6.45) is 1.49. The van der Waals surface area contributed by atoms with Crippen molar-refractivity contribution in [3.8, 4) is 11.5 Å². The predicted octanol–water partition coefficient (Wildman–Crippen LogP) is 3.75. The number of carbonyl (C=O) groups excluding carboxylic acids is 5. The molecular formula is C35H50ClN5O9. The Hall–Kier alpha value is -4.07. The number of ketones is 1. The molecule has 1 aliphatic carbocycles. The number of methoxy groups -OCH3 is 1. The predicted molar refractivity (Wildman–Crippen MR) is 185 cm³/mol. The van der Waals surface area contributed by atoms with Gasteiger partial charge in [-0.25, -0.2) is 4.79 Å². The number of carbonyl (C=O) groups is 5. The van der Waals surface area contributed by atoms with Gasteiger partial charge in [0, 0.05) is 31.5 Å². The fourth-order valence-corrected chi connectivity index (χ4v) is 6.39. The van der Waals surface area contributed by atoms with Gasteiger partial charge in [-0.15, -0.1) is 0 Å². The van der Waals surface area contributed by atoms with Crippen molar-refractivity contribution in [3.05, 3.63) is 22.7 Å². The van der Waals surface area contributed by atoms with Gasteiger partial charge in [-0.3, -0.25) is 19.2 Å². The molecule has 4 amide bonds. The molecule has 15 heteroatoms. The maximum Gasteiger partial charge on any atom is 0.408 e. The van der Waals surface area contributed by atoms with Crippen molar-refractivity contribution < 1.29 is 43.0 Å². The summed E-state index contributed by atoms with van der Waals surface area (Å²) in [5, 5.41) is 12.5. The summed E-state index contributed by atoms with van der Waals surface area (Å²) in [6.45, 7) is 12.7. The van der Waals surface area contributed by atoms with Crippen LogP contribution >= 0.6 is 11.6 Å². The number of hydrogen-bond acceptors (Lipinski definition) is 10. The Labute approximate surface area is 298 Å². The molecule has 0 aromatic heterocycles. The average molecular weight is 720 g/mol. The van der Waals surface area contributed by atoms with Crippen LogP contribution in [0.4, 0.5) is 4.79 Å². The molecule has 276 valence electrons. The normalized spacial score (nSPS) is 21.4. The summed E-state index contributed by atoms with van der Waals surface area (Å²) < 4.78 is 16.7. The molecule has 0 radical (unpaired) electrons. The topological polar surface area (TPSA) is 174 Å². The second-order valence-corrected chi connectivity index (χ2v) is 15.6. The number of alkyl carbamates (subject to hydrolysis) is 1. The Kier molecular flexibility index (Phi) is 11.6. The Bertz CT molecular complexity index is 1530. The molecular weight excluding hydrogens is 670 g/mol. The number of ether oxygens (including phenoxy) is 3. The Balaban J connectivity index is 1.67. The molecule has 4 rings (SSSR count). The van der Waals surface area contributed by atoms with Gasteiger partial charge >= 0.3 is 6.09 Å². The summed E-state index contributed by atoms with van der Waals surface area (Å²) in [5.74, 6) is -1.66. The van der Waals surface area contributed by atoms with E-state index >= 15 is 0 Å². The van der Waals surface area contributed by atoms with Crippen LogP contribution in [0.25, 0.3) is 0 Å². The number of amides is 4. The molecule has 50 heavy (non-hydrogen) atoms. The number of rotatable bonds is 12. The van der Waals surface area contributed by atoms with E-state index in [0.717, 1.165) is 12.8 Å². The first-order valence-electron chi connectivity index (χ1n) is 16.9. The van der Waals surface area contributed by atoms with Gasteiger partial charge < -0.3 is 39.9 Å². The third kappa shape index (κ3) is 9.18. The van der Waals surface area contributed by atoms with Crippen molar-refractivity contribution in [1.29, 1.82) is 0 Å². The number of benzene rings is 1. The summed E-state index contributed by atoms with van der Waals surface area (Å²) >= 11 is 6.52. The van der Waals surface area contributed by atoms with E-state index in [4.69, 9.17) is 30.6 Å². The maximum atomic E-state index is 14.5. The molecule has 1 aromatic rings. The third-order valence-electron chi connectivity index (χ3n) is 8.81. The van der Waals surface area contributed by atoms with Crippen LogP contribution in [0, 0.1) is 11.3 Å². The van der Waals surface area contributed by atoms with E-state index < -0.39 is 64.3 Å². The number of hydrogen-bond donors (Lipinski definition) is 3. The number of likely N-dealkylation sites (tertiary alicyclic amines) is 1. The van der Waals surface area contributed by atoms with Crippen LogP contribution in [-0.2, 0) is 28.8 Å². The van der Waals surface area contributed by atoms with E-state index in [1.54, 1.807) is 53.7 Å². The number of likely N-dealkylation sites (N-methyl/N-ethyl adjacent to an activating group) is 1. The van der Waals surface area contributed by atoms with E-state index in [9.17, 15) is 24.0 Å². The summed E-state index contributed by atoms with van der Waals surface area (Å²) in [4.78, 5) is 74.4. The Morgan fingerprint density at radius 3 is 2.32 bits per heavy atom. The fraction of sp³-hybridized carbons (Fsp3) is 0.657. The van der Waals surface area contributed by atoms with Gasteiger partial charge in [-0.05, 0) is 51.5 Å². The molecule has 4 atom stereocenters. The summed E-state index contributed by atoms with van der Waals surface area (Å²) in [7, 11) is 2.86. The first-order chi connectivity index (χ1) is 23.3. The van der Waals surface area contributed by atoms with Crippen molar-refractivity contribution in [2.24, 2.45) is 16.5 Å². The standard InChI is InChI=1S/C35H50ClN5O9/c1-10-48-26-15-25(47-9)20(14-21(26)36)23-16-35(50-40-23)17-24(29(43)38-22(13-19-11-12-19)27(42)30(44)37-8)41(18-35)31(45)28(33(2,3)4)39-32(46)49-34(5,6)7/h14-15,19,22,24,28H,10-13,16-18H2,1-9H3,(H,37,44)(H,38,43)(H,39,46)/t22-,24-,28+,35+/m0/s1. The van der Waals surface area contributed by atoms with Crippen molar-refractivity contribution in [2.75, 3.05) is 27.3 Å². The van der Waals surface area contributed by atoms with Gasteiger partial charge in [-0.1, -0.05) is 50.4 Å². The first kappa shape index (κ1) is 38.7. The molecule has 2 aliphatic heterocycles. The molecule has 2 heterocycles. The van der Waals surface area contributed by atoms with E-state index in [2.05, 4.69) is 21.1 Å². The number of halogens is 1. The lowest BCUT2D eigenvalue weighted by molar-refractivity contribution is -0.144. The molecule has 1 saturated carbocycles. The highest BCUT2D eigenvalue weighted by atomic mass is 35.5. The van der Waals surface area contributed by atoms with Crippen molar-refractivity contribution >= 4 is 46.9 Å². The molecule has 3 aliphatic rings. The number of nitrogens with one attached hydrogen (secondary N) is 3. The second-order valence-electron chi connectivity index (χ2n) is 15.2. The second kappa shape index (κ2) is 15.0. The minimum absolute atomic E-state index is 0.0122. The molecule has 2 fully saturated rings. The van der Waals surface area contributed by atoms with Gasteiger partial charge in [0.2, 0.25) is 17.6 Å². The van der Waals surface area contributed by atoms with E-state index in [1.165, 1.54) is 19.1 Å². The van der Waals surface area contributed by atoms with Gasteiger partial charge in [0.25, 0.3) is 5.91 Å². The van der Waals surface area contributed by atoms with Gasteiger partial charge in [0.05, 0.1) is 37.0 Å². The zero-order chi connectivity index (χ0) is 37.2. The minimum atomic E-state index is -1.14. The zero-order valence-corrected chi connectivity index (χ0v) is 31.1. The highest BCUT2D eigenvalue weighted by Gasteiger charge is 2.56. The number of oxime groups is 1. The molecule has 0 unspecified atom stereocenters. The third-order valence-corrected chi connectivity index (χ3v) is 9.11. The lowest BCUT2D eigenvalue weighted by atomic mass is 9.85.